The molecule has 2 aliphatic rings. The second kappa shape index (κ2) is 7.24. The van der Waals surface area contributed by atoms with Crippen LogP contribution in [0.15, 0.2) is 23.7 Å². The molecular formula is C14H21N3O3. The molecule has 0 radical (unpaired) electrons. The lowest BCUT2D eigenvalue weighted by atomic mass is 10.0. The molecule has 0 aromatic carbocycles. The summed E-state index contributed by atoms with van der Waals surface area (Å²) in [5.74, 6) is 1.38. The molecule has 0 amide bonds. The van der Waals surface area contributed by atoms with Gasteiger partial charge in [-0.1, -0.05) is 0 Å². The Morgan fingerprint density at radius 2 is 2.00 bits per heavy atom. The molecular weight excluding hydrogens is 258 g/mol. The predicted molar refractivity (Wildman–Crippen MR) is 74.2 cm³/mol. The normalized spacial score (nSPS) is 23.7. The van der Waals surface area contributed by atoms with Gasteiger partial charge in [0.15, 0.2) is 0 Å². The highest BCUT2D eigenvalue weighted by Gasteiger charge is 2.32. The van der Waals surface area contributed by atoms with Crippen molar-refractivity contribution < 1.29 is 19.0 Å². The second-order valence-corrected chi connectivity index (χ2v) is 4.52. The minimum atomic E-state index is 0.00546. The quantitative estimate of drug-likeness (QED) is 0.560. The molecule has 1 aliphatic carbocycles. The van der Waals surface area contributed by atoms with Crippen molar-refractivity contribution in [2.24, 2.45) is 0 Å². The largest absolute Gasteiger partial charge is 0.496 e. The summed E-state index contributed by atoms with van der Waals surface area (Å²) in [5.41, 5.74) is 9.51. The van der Waals surface area contributed by atoms with Crippen molar-refractivity contribution in [2.75, 3.05) is 39.5 Å². The van der Waals surface area contributed by atoms with Gasteiger partial charge in [-0.15, -0.1) is 0 Å². The van der Waals surface area contributed by atoms with Crippen molar-refractivity contribution in [3.05, 3.63) is 29.2 Å². The monoisotopic (exact) mass is 279 g/mol. The maximum atomic E-state index is 9.10. The van der Waals surface area contributed by atoms with Crippen LogP contribution in [0.3, 0.4) is 0 Å². The van der Waals surface area contributed by atoms with Crippen LogP contribution < -0.4 is 0 Å². The minimum Gasteiger partial charge on any atom is -0.496 e. The lowest BCUT2D eigenvalue weighted by Gasteiger charge is -2.34. The van der Waals surface area contributed by atoms with Gasteiger partial charge in [0.1, 0.15) is 5.76 Å². The molecule has 0 spiro atoms. The number of nitrogens with zero attached hydrogens (tertiary/aromatic N) is 3. The molecule has 0 aromatic heterocycles. The summed E-state index contributed by atoms with van der Waals surface area (Å²) < 4.78 is 16.6. The SMILES string of the molecule is CCOC1=CC(N2CCOCC2)C(OCC)=CC1=[N+]=[N-]. The highest BCUT2D eigenvalue weighted by atomic mass is 16.5. The zero-order valence-corrected chi connectivity index (χ0v) is 12.0. The van der Waals surface area contributed by atoms with Crippen molar-refractivity contribution in [3.63, 3.8) is 0 Å². The molecule has 1 atom stereocenters. The number of ether oxygens (including phenoxy) is 3. The molecule has 0 aromatic rings. The summed E-state index contributed by atoms with van der Waals surface area (Å²) in [6, 6.07) is 0.00546. The Bertz CT molecular complexity index is 447. The van der Waals surface area contributed by atoms with E-state index >= 15 is 0 Å². The van der Waals surface area contributed by atoms with Crippen LogP contribution in [0.2, 0.25) is 0 Å². The number of allylic oxidation sites excluding steroid dienone is 1. The van der Waals surface area contributed by atoms with Crippen LogP contribution in [0.25, 0.3) is 5.53 Å². The van der Waals surface area contributed by atoms with Gasteiger partial charge in [-0.05, 0) is 19.9 Å². The van der Waals surface area contributed by atoms with E-state index in [4.69, 9.17) is 19.7 Å². The van der Waals surface area contributed by atoms with E-state index in [1.165, 1.54) is 0 Å². The van der Waals surface area contributed by atoms with Crippen molar-refractivity contribution in [1.82, 2.24) is 4.90 Å². The third kappa shape index (κ3) is 3.28. The van der Waals surface area contributed by atoms with Gasteiger partial charge in [0, 0.05) is 13.1 Å². The van der Waals surface area contributed by atoms with Crippen LogP contribution in [0, 0.1) is 0 Å². The third-order valence-corrected chi connectivity index (χ3v) is 3.29. The first kappa shape index (κ1) is 14.8. The van der Waals surface area contributed by atoms with Gasteiger partial charge < -0.3 is 19.7 Å². The summed E-state index contributed by atoms with van der Waals surface area (Å²) in [6.45, 7) is 8.06. The van der Waals surface area contributed by atoms with Gasteiger partial charge in [-0.3, -0.25) is 4.90 Å². The van der Waals surface area contributed by atoms with Crippen molar-refractivity contribution in [2.45, 2.75) is 19.9 Å². The van der Waals surface area contributed by atoms with Crippen molar-refractivity contribution >= 4 is 5.71 Å². The summed E-state index contributed by atoms with van der Waals surface area (Å²) >= 11 is 0. The fourth-order valence-electron chi connectivity index (χ4n) is 2.39. The van der Waals surface area contributed by atoms with E-state index in [2.05, 4.69) is 9.69 Å². The van der Waals surface area contributed by atoms with E-state index in [0.29, 0.717) is 37.9 Å². The number of rotatable bonds is 5. The number of morpholine rings is 1. The zero-order valence-electron chi connectivity index (χ0n) is 12.0. The topological polar surface area (TPSA) is 67.3 Å². The van der Waals surface area contributed by atoms with E-state index in [-0.39, 0.29) is 6.04 Å². The van der Waals surface area contributed by atoms with Gasteiger partial charge in [-0.2, -0.15) is 4.79 Å². The molecule has 6 heteroatoms. The summed E-state index contributed by atoms with van der Waals surface area (Å²) in [6.07, 6.45) is 3.70. The molecule has 20 heavy (non-hydrogen) atoms. The highest BCUT2D eigenvalue weighted by molar-refractivity contribution is 6.04. The maximum Gasteiger partial charge on any atom is 0.359 e. The van der Waals surface area contributed by atoms with E-state index in [1.54, 1.807) is 6.08 Å². The molecule has 1 unspecified atom stereocenters. The van der Waals surface area contributed by atoms with E-state index < -0.39 is 0 Å². The molecule has 1 heterocycles. The third-order valence-electron chi connectivity index (χ3n) is 3.29. The lowest BCUT2D eigenvalue weighted by molar-refractivity contribution is -0.0103. The Balaban J connectivity index is 2.26. The van der Waals surface area contributed by atoms with Crippen molar-refractivity contribution in [3.8, 4) is 0 Å². The summed E-state index contributed by atoms with van der Waals surface area (Å²) in [7, 11) is 0. The highest BCUT2D eigenvalue weighted by Crippen LogP contribution is 2.23. The van der Waals surface area contributed by atoms with Crippen molar-refractivity contribution in [1.29, 1.82) is 0 Å². The Labute approximate surface area is 119 Å². The lowest BCUT2D eigenvalue weighted by Crippen LogP contribution is -2.45. The fourth-order valence-corrected chi connectivity index (χ4v) is 2.39. The van der Waals surface area contributed by atoms with Gasteiger partial charge in [0.2, 0.25) is 5.76 Å². The van der Waals surface area contributed by atoms with E-state index in [0.717, 1.165) is 18.8 Å². The molecule has 110 valence electrons. The molecule has 2 rings (SSSR count). The first-order valence-electron chi connectivity index (χ1n) is 7.03. The van der Waals surface area contributed by atoms with Gasteiger partial charge in [0.05, 0.1) is 38.5 Å². The van der Waals surface area contributed by atoms with Crippen LogP contribution in [-0.2, 0) is 14.2 Å². The van der Waals surface area contributed by atoms with Gasteiger partial charge >= 0.3 is 5.71 Å². The van der Waals surface area contributed by atoms with E-state index in [9.17, 15) is 0 Å². The predicted octanol–water partition coefficient (Wildman–Crippen LogP) is 1.21. The molecule has 0 bridgehead atoms. The molecule has 0 saturated carbocycles. The van der Waals surface area contributed by atoms with Crippen LogP contribution in [0.1, 0.15) is 13.8 Å². The van der Waals surface area contributed by atoms with E-state index in [1.807, 2.05) is 19.9 Å². The Hall–Kier alpha value is -1.62. The minimum absolute atomic E-state index is 0.00546. The number of hydrogen-bond donors (Lipinski definition) is 0. The fraction of sp³-hybridized carbons (Fsp3) is 0.643. The molecule has 1 aliphatic heterocycles. The Morgan fingerprint density at radius 1 is 1.30 bits per heavy atom. The molecule has 0 N–H and O–H groups in total. The summed E-state index contributed by atoms with van der Waals surface area (Å²) in [5, 5.41) is 0. The first-order chi connectivity index (χ1) is 9.80. The van der Waals surface area contributed by atoms with Gasteiger partial charge in [-0.25, -0.2) is 0 Å². The smallest absolute Gasteiger partial charge is 0.359 e. The van der Waals surface area contributed by atoms with Crippen LogP contribution >= 0.6 is 0 Å². The average Bonchev–Trinajstić information content (AvgIpc) is 2.49. The Kier molecular flexibility index (Phi) is 5.35. The van der Waals surface area contributed by atoms with Gasteiger partial charge in [0.25, 0.3) is 0 Å². The second-order valence-electron chi connectivity index (χ2n) is 4.52. The molecule has 1 saturated heterocycles. The Morgan fingerprint density at radius 3 is 2.60 bits per heavy atom. The summed E-state index contributed by atoms with van der Waals surface area (Å²) in [4.78, 5) is 5.56. The zero-order chi connectivity index (χ0) is 14.4. The number of hydrogen-bond acceptors (Lipinski definition) is 4. The molecule has 1 fully saturated rings. The van der Waals surface area contributed by atoms with Crippen LogP contribution in [-0.4, -0.2) is 61.0 Å². The maximum absolute atomic E-state index is 9.10. The van der Waals surface area contributed by atoms with Crippen LogP contribution in [0.5, 0.6) is 0 Å². The van der Waals surface area contributed by atoms with Crippen LogP contribution in [0.4, 0.5) is 0 Å². The average molecular weight is 279 g/mol. The molecule has 6 nitrogen and oxygen atoms in total. The first-order valence-corrected chi connectivity index (χ1v) is 7.03. The standard InChI is InChI=1S/C14H21N3O3/c1-3-19-13-10-12(17-5-7-18-8-6-17)14(20-4-2)9-11(13)16-15/h9-10,12H,3-8H2,1-2H3.